The second-order valence-electron chi connectivity index (χ2n) is 7.66. The Morgan fingerprint density at radius 2 is 2.20 bits per heavy atom. The number of amides is 1. The first-order valence-corrected chi connectivity index (χ1v) is 11.0. The first kappa shape index (κ1) is 20.5. The predicted octanol–water partition coefficient (Wildman–Crippen LogP) is 6.62. The number of carbonyl (C=O) groups excluding carboxylic acids is 1. The summed E-state index contributed by atoms with van der Waals surface area (Å²) in [5.41, 5.74) is 3.60. The lowest BCUT2D eigenvalue weighted by molar-refractivity contribution is -0.111. The molecule has 30 heavy (non-hydrogen) atoms. The molecular formula is C24H21ClN2O2S. The van der Waals surface area contributed by atoms with Crippen LogP contribution in [-0.4, -0.2) is 5.91 Å². The summed E-state index contributed by atoms with van der Waals surface area (Å²) in [7, 11) is 0. The molecule has 0 unspecified atom stereocenters. The Morgan fingerprint density at radius 3 is 2.97 bits per heavy atom. The van der Waals surface area contributed by atoms with Crippen LogP contribution in [0.15, 0.2) is 40.8 Å². The minimum atomic E-state index is -0.283. The third-order valence-corrected chi connectivity index (χ3v) is 6.92. The molecule has 2 heterocycles. The molecular weight excluding hydrogens is 416 g/mol. The van der Waals surface area contributed by atoms with Gasteiger partial charge in [0.1, 0.15) is 22.6 Å². The standard InChI is InChI=1S/C24H21ClN2O2S/c1-14-3-8-18-19(13-26)24(30-22(18)11-14)27-23(28)10-7-17-6-9-21(29-17)16-5-4-15(2)20(25)12-16/h4-7,9-10,12,14H,3,8,11H2,1-2H3,(H,27,28)/b10-7+/t14-/m1/s1. The Bertz CT molecular complexity index is 1180. The molecule has 6 heteroatoms. The number of carbonyl (C=O) groups is 1. The van der Waals surface area contributed by atoms with Gasteiger partial charge in [0.15, 0.2) is 0 Å². The van der Waals surface area contributed by atoms with E-state index in [2.05, 4.69) is 18.3 Å². The average molecular weight is 437 g/mol. The molecule has 0 fully saturated rings. The highest BCUT2D eigenvalue weighted by molar-refractivity contribution is 7.16. The molecule has 4 rings (SSSR count). The van der Waals surface area contributed by atoms with Crippen molar-refractivity contribution in [3.05, 3.63) is 68.8 Å². The maximum atomic E-state index is 12.4. The summed E-state index contributed by atoms with van der Waals surface area (Å²) in [5, 5.41) is 13.7. The summed E-state index contributed by atoms with van der Waals surface area (Å²) in [6.07, 6.45) is 6.00. The van der Waals surface area contributed by atoms with Crippen molar-refractivity contribution >= 4 is 39.9 Å². The molecule has 1 atom stereocenters. The lowest BCUT2D eigenvalue weighted by Crippen LogP contribution is -2.10. The van der Waals surface area contributed by atoms with Crippen LogP contribution in [0, 0.1) is 24.2 Å². The van der Waals surface area contributed by atoms with Gasteiger partial charge in [-0.3, -0.25) is 4.79 Å². The van der Waals surface area contributed by atoms with Gasteiger partial charge in [0.05, 0.1) is 5.56 Å². The van der Waals surface area contributed by atoms with Crippen LogP contribution in [0.4, 0.5) is 5.00 Å². The van der Waals surface area contributed by atoms with Crippen molar-refractivity contribution in [2.24, 2.45) is 5.92 Å². The molecule has 0 spiro atoms. The minimum absolute atomic E-state index is 0.283. The van der Waals surface area contributed by atoms with E-state index in [0.29, 0.717) is 33.0 Å². The lowest BCUT2D eigenvalue weighted by Gasteiger charge is -2.17. The van der Waals surface area contributed by atoms with Crippen molar-refractivity contribution in [2.75, 3.05) is 5.32 Å². The third kappa shape index (κ3) is 4.21. The van der Waals surface area contributed by atoms with E-state index in [4.69, 9.17) is 16.0 Å². The SMILES string of the molecule is Cc1ccc(-c2ccc(/C=C/C(=O)Nc3sc4c(c3C#N)CC[C@@H](C)C4)o2)cc1Cl. The molecule has 0 aliphatic heterocycles. The van der Waals surface area contributed by atoms with E-state index in [9.17, 15) is 10.1 Å². The van der Waals surface area contributed by atoms with Gasteiger partial charge in [-0.05, 0) is 67.5 Å². The van der Waals surface area contributed by atoms with Crippen LogP contribution in [0.1, 0.15) is 40.7 Å². The molecule has 152 valence electrons. The van der Waals surface area contributed by atoms with Gasteiger partial charge < -0.3 is 9.73 Å². The van der Waals surface area contributed by atoms with E-state index < -0.39 is 0 Å². The van der Waals surface area contributed by atoms with E-state index in [1.807, 2.05) is 31.2 Å². The fourth-order valence-corrected chi connectivity index (χ4v) is 5.16. The van der Waals surface area contributed by atoms with Crippen molar-refractivity contribution in [2.45, 2.75) is 33.1 Å². The summed E-state index contributed by atoms with van der Waals surface area (Å²) in [6, 6.07) is 11.7. The van der Waals surface area contributed by atoms with Gasteiger partial charge in [-0.15, -0.1) is 11.3 Å². The fourth-order valence-electron chi connectivity index (χ4n) is 3.61. The molecule has 1 N–H and O–H groups in total. The van der Waals surface area contributed by atoms with Crippen molar-refractivity contribution in [3.8, 4) is 17.4 Å². The zero-order valence-corrected chi connectivity index (χ0v) is 18.4. The molecule has 0 bridgehead atoms. The largest absolute Gasteiger partial charge is 0.457 e. The second kappa shape index (κ2) is 8.51. The highest BCUT2D eigenvalue weighted by Gasteiger charge is 2.24. The smallest absolute Gasteiger partial charge is 0.249 e. The summed E-state index contributed by atoms with van der Waals surface area (Å²) in [4.78, 5) is 13.6. The van der Waals surface area contributed by atoms with Crippen molar-refractivity contribution in [1.82, 2.24) is 0 Å². The van der Waals surface area contributed by atoms with Gasteiger partial charge >= 0.3 is 0 Å². The van der Waals surface area contributed by atoms with E-state index in [1.165, 1.54) is 22.3 Å². The maximum Gasteiger partial charge on any atom is 0.249 e. The number of thiophene rings is 1. The van der Waals surface area contributed by atoms with Crippen LogP contribution in [0.3, 0.4) is 0 Å². The molecule has 4 nitrogen and oxygen atoms in total. The van der Waals surface area contributed by atoms with Crippen LogP contribution in [0.25, 0.3) is 17.4 Å². The van der Waals surface area contributed by atoms with Crippen LogP contribution >= 0.6 is 22.9 Å². The third-order valence-electron chi connectivity index (χ3n) is 5.34. The number of nitrogens with one attached hydrogen (secondary N) is 1. The van der Waals surface area contributed by atoms with E-state index in [-0.39, 0.29) is 5.91 Å². The van der Waals surface area contributed by atoms with Gasteiger partial charge in [-0.1, -0.05) is 30.7 Å². The number of aryl methyl sites for hydroxylation is 1. The van der Waals surface area contributed by atoms with E-state index >= 15 is 0 Å². The minimum Gasteiger partial charge on any atom is -0.457 e. The molecule has 1 amide bonds. The number of furan rings is 1. The number of nitriles is 1. The highest BCUT2D eigenvalue weighted by atomic mass is 35.5. The zero-order valence-electron chi connectivity index (χ0n) is 16.8. The molecule has 1 aromatic carbocycles. The normalized spacial score (nSPS) is 15.7. The summed E-state index contributed by atoms with van der Waals surface area (Å²) >= 11 is 7.71. The molecule has 0 saturated carbocycles. The number of fused-ring (bicyclic) bond motifs is 1. The quantitative estimate of drug-likeness (QED) is 0.467. The molecule has 1 aliphatic rings. The van der Waals surface area contributed by atoms with Gasteiger partial charge in [0.2, 0.25) is 5.91 Å². The first-order valence-electron chi connectivity index (χ1n) is 9.84. The van der Waals surface area contributed by atoms with E-state index in [0.717, 1.165) is 36.0 Å². The van der Waals surface area contributed by atoms with Crippen LogP contribution in [-0.2, 0) is 17.6 Å². The number of rotatable bonds is 4. The topological polar surface area (TPSA) is 66.0 Å². The van der Waals surface area contributed by atoms with Gasteiger partial charge in [0.25, 0.3) is 0 Å². The Hall–Kier alpha value is -2.81. The predicted molar refractivity (Wildman–Crippen MR) is 122 cm³/mol. The number of hydrogen-bond acceptors (Lipinski definition) is 4. The molecule has 1 aliphatic carbocycles. The summed E-state index contributed by atoms with van der Waals surface area (Å²) in [5.74, 6) is 1.58. The fraction of sp³-hybridized carbons (Fsp3) is 0.250. The van der Waals surface area contributed by atoms with Crippen molar-refractivity contribution < 1.29 is 9.21 Å². The number of nitrogens with zero attached hydrogens (tertiary/aromatic N) is 1. The van der Waals surface area contributed by atoms with Crippen LogP contribution in [0.5, 0.6) is 0 Å². The Labute approximate surface area is 184 Å². The summed E-state index contributed by atoms with van der Waals surface area (Å²) < 4.78 is 5.81. The van der Waals surface area contributed by atoms with Gasteiger partial charge in [-0.2, -0.15) is 5.26 Å². The number of halogens is 1. The Morgan fingerprint density at radius 1 is 1.37 bits per heavy atom. The molecule has 3 aromatic rings. The number of hydrogen-bond donors (Lipinski definition) is 1. The summed E-state index contributed by atoms with van der Waals surface area (Å²) in [6.45, 7) is 4.17. The van der Waals surface area contributed by atoms with Crippen molar-refractivity contribution in [1.29, 1.82) is 5.26 Å². The van der Waals surface area contributed by atoms with Crippen LogP contribution < -0.4 is 5.32 Å². The Balaban J connectivity index is 1.47. The second-order valence-corrected chi connectivity index (χ2v) is 9.17. The molecule has 0 radical (unpaired) electrons. The maximum absolute atomic E-state index is 12.4. The van der Waals surface area contributed by atoms with Gasteiger partial charge in [-0.25, -0.2) is 0 Å². The van der Waals surface area contributed by atoms with Crippen LogP contribution in [0.2, 0.25) is 5.02 Å². The molecule has 2 aromatic heterocycles. The highest BCUT2D eigenvalue weighted by Crippen LogP contribution is 2.39. The molecule has 0 saturated heterocycles. The average Bonchev–Trinajstić information content (AvgIpc) is 3.32. The van der Waals surface area contributed by atoms with Crippen molar-refractivity contribution in [3.63, 3.8) is 0 Å². The van der Waals surface area contributed by atoms with Gasteiger partial charge in [0, 0.05) is 21.5 Å². The Kier molecular flexibility index (Phi) is 5.80. The lowest BCUT2D eigenvalue weighted by atomic mass is 9.89. The zero-order chi connectivity index (χ0) is 21.3. The monoisotopic (exact) mass is 436 g/mol. The first-order chi connectivity index (χ1) is 14.4. The van der Waals surface area contributed by atoms with E-state index in [1.54, 1.807) is 12.1 Å². The number of anilines is 1. The number of benzene rings is 1.